The molecule has 1 aromatic carbocycles. The summed E-state index contributed by atoms with van der Waals surface area (Å²) in [7, 11) is 0. The lowest BCUT2D eigenvalue weighted by Crippen LogP contribution is -2.24. The van der Waals surface area contributed by atoms with Gasteiger partial charge in [-0.25, -0.2) is 4.79 Å². The van der Waals surface area contributed by atoms with Crippen molar-refractivity contribution >= 4 is 18.0 Å². The smallest absolute Gasteiger partial charge is 0.335 e. The first-order chi connectivity index (χ1) is 10.2. The van der Waals surface area contributed by atoms with Crippen molar-refractivity contribution in [1.82, 2.24) is 5.32 Å². The Labute approximate surface area is 121 Å². The Morgan fingerprint density at radius 1 is 1.19 bits per heavy atom. The maximum absolute atomic E-state index is 11.6. The van der Waals surface area contributed by atoms with Crippen LogP contribution in [-0.4, -0.2) is 23.5 Å². The van der Waals surface area contributed by atoms with Gasteiger partial charge in [0.25, 0.3) is 0 Å². The summed E-state index contributed by atoms with van der Waals surface area (Å²) in [5, 5.41) is 11.8. The third-order valence-electron chi connectivity index (χ3n) is 2.88. The van der Waals surface area contributed by atoms with Crippen LogP contribution < -0.4 is 5.32 Å². The number of hydrogen-bond acceptors (Lipinski definition) is 3. The largest absolute Gasteiger partial charge is 0.478 e. The molecule has 0 atom stereocenters. The van der Waals surface area contributed by atoms with Crippen molar-refractivity contribution in [1.29, 1.82) is 0 Å². The third kappa shape index (κ3) is 4.35. The Morgan fingerprint density at radius 3 is 2.71 bits per heavy atom. The Balaban J connectivity index is 1.84. The van der Waals surface area contributed by atoms with Gasteiger partial charge in [0.05, 0.1) is 11.8 Å². The molecule has 21 heavy (non-hydrogen) atoms. The van der Waals surface area contributed by atoms with Crippen molar-refractivity contribution in [3.8, 4) is 0 Å². The normalized spacial score (nSPS) is 10.7. The molecule has 0 unspecified atom stereocenters. The maximum atomic E-state index is 11.6. The predicted octanol–water partition coefficient (Wildman–Crippen LogP) is 2.35. The van der Waals surface area contributed by atoms with E-state index in [4.69, 9.17) is 9.52 Å². The zero-order valence-corrected chi connectivity index (χ0v) is 11.3. The summed E-state index contributed by atoms with van der Waals surface area (Å²) in [5.41, 5.74) is 0.957. The van der Waals surface area contributed by atoms with Crippen molar-refractivity contribution < 1.29 is 19.1 Å². The zero-order valence-electron chi connectivity index (χ0n) is 11.3. The number of carbonyl (C=O) groups is 2. The van der Waals surface area contributed by atoms with Gasteiger partial charge < -0.3 is 14.8 Å². The van der Waals surface area contributed by atoms with Crippen molar-refractivity contribution in [3.05, 3.63) is 65.6 Å². The predicted molar refractivity (Wildman–Crippen MR) is 77.9 cm³/mol. The molecule has 5 nitrogen and oxygen atoms in total. The molecule has 2 N–H and O–H groups in total. The number of nitrogens with one attached hydrogen (secondary N) is 1. The maximum Gasteiger partial charge on any atom is 0.335 e. The summed E-state index contributed by atoms with van der Waals surface area (Å²) in [5.74, 6) is -0.616. The van der Waals surface area contributed by atoms with Gasteiger partial charge in [0.15, 0.2) is 0 Å². The van der Waals surface area contributed by atoms with Crippen LogP contribution in [0.25, 0.3) is 6.08 Å². The summed E-state index contributed by atoms with van der Waals surface area (Å²) < 4.78 is 5.07. The lowest BCUT2D eigenvalue weighted by Gasteiger charge is -2.06. The molecule has 0 saturated carbocycles. The van der Waals surface area contributed by atoms with E-state index < -0.39 is 5.97 Å². The number of amides is 1. The Hall–Kier alpha value is -2.82. The van der Waals surface area contributed by atoms with E-state index in [-0.39, 0.29) is 11.5 Å². The van der Waals surface area contributed by atoms with Crippen LogP contribution in [0.15, 0.2) is 53.2 Å². The van der Waals surface area contributed by atoms with E-state index in [0.717, 1.165) is 0 Å². The summed E-state index contributed by atoms with van der Waals surface area (Å²) in [6.45, 7) is 0.367. The summed E-state index contributed by atoms with van der Waals surface area (Å²) in [6, 6.07) is 10.2. The summed E-state index contributed by atoms with van der Waals surface area (Å²) >= 11 is 0. The van der Waals surface area contributed by atoms with Crippen LogP contribution >= 0.6 is 0 Å². The highest BCUT2D eigenvalue weighted by Crippen LogP contribution is 2.09. The number of aromatic carboxylic acids is 1. The number of hydrogen-bond donors (Lipinski definition) is 2. The van der Waals surface area contributed by atoms with Gasteiger partial charge in [-0.1, -0.05) is 18.2 Å². The number of carbonyl (C=O) groups excluding carboxylic acids is 1. The molecule has 0 bridgehead atoms. The molecular weight excluding hydrogens is 270 g/mol. The van der Waals surface area contributed by atoms with Crippen LogP contribution in [0.4, 0.5) is 0 Å². The summed E-state index contributed by atoms with van der Waals surface area (Å²) in [6.07, 6.45) is 4.94. The number of carboxylic acid groups (broad SMARTS) is 1. The minimum Gasteiger partial charge on any atom is -0.478 e. The molecule has 5 heteroatoms. The molecule has 0 fully saturated rings. The first-order valence-electron chi connectivity index (χ1n) is 6.47. The van der Waals surface area contributed by atoms with E-state index in [1.54, 1.807) is 42.5 Å². The molecule has 0 radical (unpaired) electrons. The molecule has 0 spiro atoms. The van der Waals surface area contributed by atoms with Crippen LogP contribution in [0.1, 0.15) is 21.7 Å². The van der Waals surface area contributed by atoms with Gasteiger partial charge in [-0.2, -0.15) is 0 Å². The van der Waals surface area contributed by atoms with Gasteiger partial charge in [0.1, 0.15) is 5.76 Å². The van der Waals surface area contributed by atoms with Crippen molar-refractivity contribution in [2.45, 2.75) is 6.42 Å². The number of benzene rings is 1. The molecule has 0 saturated heterocycles. The second kappa shape index (κ2) is 7.09. The van der Waals surface area contributed by atoms with E-state index in [1.165, 1.54) is 12.3 Å². The lowest BCUT2D eigenvalue weighted by atomic mass is 10.0. The fourth-order valence-corrected chi connectivity index (χ4v) is 1.87. The van der Waals surface area contributed by atoms with Crippen molar-refractivity contribution in [2.24, 2.45) is 0 Å². The van der Waals surface area contributed by atoms with Crippen LogP contribution in [0.5, 0.6) is 0 Å². The lowest BCUT2D eigenvalue weighted by molar-refractivity contribution is -0.116. The highest BCUT2D eigenvalue weighted by Gasteiger charge is 2.08. The molecule has 1 aromatic heterocycles. The first kappa shape index (κ1) is 14.6. The van der Waals surface area contributed by atoms with Crippen molar-refractivity contribution in [3.63, 3.8) is 0 Å². The number of rotatable bonds is 6. The second-order valence-corrected chi connectivity index (χ2v) is 4.35. The zero-order chi connectivity index (χ0) is 15.1. The van der Waals surface area contributed by atoms with E-state index in [2.05, 4.69) is 5.32 Å². The summed E-state index contributed by atoms with van der Waals surface area (Å²) in [4.78, 5) is 22.6. The molecule has 2 rings (SSSR count). The van der Waals surface area contributed by atoms with Gasteiger partial charge in [0, 0.05) is 12.6 Å². The Kier molecular flexibility index (Phi) is 4.93. The Morgan fingerprint density at radius 2 is 2.00 bits per heavy atom. The van der Waals surface area contributed by atoms with Crippen LogP contribution in [0.3, 0.4) is 0 Å². The van der Waals surface area contributed by atoms with Crippen LogP contribution in [0, 0.1) is 0 Å². The highest BCUT2D eigenvalue weighted by molar-refractivity contribution is 5.91. The van der Waals surface area contributed by atoms with E-state index >= 15 is 0 Å². The molecule has 0 aliphatic carbocycles. The Bertz CT molecular complexity index is 644. The minimum atomic E-state index is -0.963. The standard InChI is InChI=1S/C16H15NO4/c18-15(8-7-13-5-3-11-21-13)17-10-9-12-4-1-2-6-14(12)16(19)20/h1-8,11H,9-10H2,(H,17,18)(H,19,20). The molecule has 2 aromatic rings. The fourth-order valence-electron chi connectivity index (χ4n) is 1.87. The van der Waals surface area contributed by atoms with Gasteiger partial charge in [-0.3, -0.25) is 4.79 Å². The second-order valence-electron chi connectivity index (χ2n) is 4.35. The van der Waals surface area contributed by atoms with Gasteiger partial charge in [-0.05, 0) is 36.3 Å². The fraction of sp³-hybridized carbons (Fsp3) is 0.125. The SMILES string of the molecule is O=C(C=Cc1ccco1)NCCc1ccccc1C(=O)O. The average molecular weight is 285 g/mol. The van der Waals surface area contributed by atoms with Crippen LogP contribution in [0.2, 0.25) is 0 Å². The van der Waals surface area contributed by atoms with Crippen molar-refractivity contribution in [2.75, 3.05) is 6.54 Å². The molecule has 0 aliphatic rings. The molecule has 1 amide bonds. The van der Waals surface area contributed by atoms with Gasteiger partial charge >= 0.3 is 5.97 Å². The van der Waals surface area contributed by atoms with Gasteiger partial charge in [0.2, 0.25) is 5.91 Å². The molecular formula is C16H15NO4. The first-order valence-corrected chi connectivity index (χ1v) is 6.47. The molecule has 1 heterocycles. The molecule has 108 valence electrons. The minimum absolute atomic E-state index is 0.251. The van der Waals surface area contributed by atoms with Gasteiger partial charge in [-0.15, -0.1) is 0 Å². The monoisotopic (exact) mass is 285 g/mol. The highest BCUT2D eigenvalue weighted by atomic mass is 16.4. The van der Waals surface area contributed by atoms with E-state index in [1.807, 2.05) is 0 Å². The van der Waals surface area contributed by atoms with Crippen LogP contribution in [-0.2, 0) is 11.2 Å². The average Bonchev–Trinajstić information content (AvgIpc) is 2.99. The molecule has 0 aliphatic heterocycles. The number of carboxylic acids is 1. The quantitative estimate of drug-likeness (QED) is 0.798. The van der Waals surface area contributed by atoms with E-state index in [9.17, 15) is 9.59 Å². The third-order valence-corrected chi connectivity index (χ3v) is 2.88. The topological polar surface area (TPSA) is 79.5 Å². The number of furan rings is 1. The van der Waals surface area contributed by atoms with E-state index in [0.29, 0.717) is 24.3 Å².